The van der Waals surface area contributed by atoms with Crippen molar-refractivity contribution in [3.63, 3.8) is 0 Å². The fraction of sp³-hybridized carbons (Fsp3) is 0.389. The van der Waals surface area contributed by atoms with E-state index in [1.165, 1.54) is 11.6 Å². The summed E-state index contributed by atoms with van der Waals surface area (Å²) in [4.78, 5) is 32.4. The second kappa shape index (κ2) is 5.71. The smallest absolute Gasteiger partial charge is 0.332 e. The standard InChI is InChI=1S/C18H19ClN6O2/c1-22-15-14(16(26)23(2)18(22)27)25(13-6-4-3-5-12(13)19)17(21-15)24-9-10-7-11(24)8-20-10/h3-6,10-11,20H,7-9H2,1-2H3. The minimum Gasteiger partial charge on any atom is -0.336 e. The van der Waals surface area contributed by atoms with Gasteiger partial charge < -0.3 is 10.2 Å². The molecular formula is C18H19ClN6O2. The largest absolute Gasteiger partial charge is 0.336 e. The number of hydrogen-bond acceptors (Lipinski definition) is 5. The van der Waals surface area contributed by atoms with Crippen LogP contribution in [-0.2, 0) is 14.1 Å². The zero-order valence-electron chi connectivity index (χ0n) is 15.0. The first-order chi connectivity index (χ1) is 13.0. The molecule has 0 radical (unpaired) electrons. The predicted octanol–water partition coefficient (Wildman–Crippen LogP) is 0.627. The lowest BCUT2D eigenvalue weighted by molar-refractivity contribution is 0.570. The Morgan fingerprint density at radius 2 is 1.96 bits per heavy atom. The lowest BCUT2D eigenvalue weighted by atomic mass is 10.2. The minimum absolute atomic E-state index is 0.314. The molecule has 140 valence electrons. The number of nitrogens with one attached hydrogen (secondary N) is 1. The van der Waals surface area contributed by atoms with E-state index in [9.17, 15) is 9.59 Å². The molecule has 2 atom stereocenters. The molecule has 2 fully saturated rings. The Morgan fingerprint density at radius 3 is 2.63 bits per heavy atom. The van der Waals surface area contributed by atoms with Crippen LogP contribution in [0.1, 0.15) is 6.42 Å². The molecule has 2 aromatic heterocycles. The van der Waals surface area contributed by atoms with Gasteiger partial charge in [0.2, 0.25) is 5.95 Å². The molecule has 1 N–H and O–H groups in total. The van der Waals surface area contributed by atoms with Gasteiger partial charge in [-0.05, 0) is 18.6 Å². The number of piperazine rings is 1. The Hall–Kier alpha value is -2.58. The van der Waals surface area contributed by atoms with Crippen molar-refractivity contribution in [1.29, 1.82) is 0 Å². The van der Waals surface area contributed by atoms with Crippen molar-refractivity contribution >= 4 is 28.7 Å². The molecule has 27 heavy (non-hydrogen) atoms. The zero-order chi connectivity index (χ0) is 18.9. The first kappa shape index (κ1) is 16.6. The summed E-state index contributed by atoms with van der Waals surface area (Å²) in [6.07, 6.45) is 1.04. The van der Waals surface area contributed by atoms with Gasteiger partial charge in [0, 0.05) is 39.3 Å². The molecule has 5 rings (SSSR count). The average Bonchev–Trinajstić information content (AvgIpc) is 3.38. The van der Waals surface area contributed by atoms with Crippen LogP contribution in [0.3, 0.4) is 0 Å². The van der Waals surface area contributed by atoms with Gasteiger partial charge in [-0.15, -0.1) is 0 Å². The highest BCUT2D eigenvalue weighted by Crippen LogP contribution is 2.34. The van der Waals surface area contributed by atoms with Crippen molar-refractivity contribution in [1.82, 2.24) is 24.0 Å². The maximum atomic E-state index is 13.0. The number of halogens is 1. The van der Waals surface area contributed by atoms with Gasteiger partial charge in [-0.3, -0.25) is 18.5 Å². The van der Waals surface area contributed by atoms with Crippen LogP contribution in [0.4, 0.5) is 5.95 Å². The number of para-hydroxylation sites is 1. The van der Waals surface area contributed by atoms with Gasteiger partial charge in [-0.1, -0.05) is 23.7 Å². The number of aromatic nitrogens is 4. The monoisotopic (exact) mass is 386 g/mol. The Balaban J connectivity index is 1.90. The number of anilines is 1. The second-order valence-corrected chi connectivity index (χ2v) is 7.63. The number of rotatable bonds is 2. The van der Waals surface area contributed by atoms with Crippen LogP contribution in [0.25, 0.3) is 16.9 Å². The summed E-state index contributed by atoms with van der Waals surface area (Å²) in [5, 5.41) is 4.00. The molecule has 2 aliphatic heterocycles. The van der Waals surface area contributed by atoms with Gasteiger partial charge in [0.1, 0.15) is 0 Å². The molecule has 2 unspecified atom stereocenters. The summed E-state index contributed by atoms with van der Waals surface area (Å²) >= 11 is 6.48. The van der Waals surface area contributed by atoms with Gasteiger partial charge in [0.15, 0.2) is 11.2 Å². The molecule has 0 spiro atoms. The Labute approximate surface area is 159 Å². The van der Waals surface area contributed by atoms with Gasteiger partial charge in [0.05, 0.1) is 10.7 Å². The van der Waals surface area contributed by atoms with Crippen LogP contribution in [0.15, 0.2) is 33.9 Å². The van der Waals surface area contributed by atoms with Crippen LogP contribution in [0.2, 0.25) is 5.02 Å². The van der Waals surface area contributed by atoms with Crippen molar-refractivity contribution in [3.8, 4) is 5.69 Å². The van der Waals surface area contributed by atoms with Gasteiger partial charge in [0.25, 0.3) is 5.56 Å². The summed E-state index contributed by atoms with van der Waals surface area (Å²) in [5.41, 5.74) is 0.636. The van der Waals surface area contributed by atoms with Crippen molar-refractivity contribution in [2.24, 2.45) is 14.1 Å². The van der Waals surface area contributed by atoms with Crippen LogP contribution in [-0.4, -0.2) is 43.9 Å². The van der Waals surface area contributed by atoms with E-state index in [1.807, 2.05) is 18.2 Å². The summed E-state index contributed by atoms with van der Waals surface area (Å²) in [6.45, 7) is 1.69. The van der Waals surface area contributed by atoms with E-state index in [4.69, 9.17) is 16.6 Å². The summed E-state index contributed by atoms with van der Waals surface area (Å²) in [6, 6.07) is 8.11. The Morgan fingerprint density at radius 1 is 1.19 bits per heavy atom. The first-order valence-electron chi connectivity index (χ1n) is 8.90. The van der Waals surface area contributed by atoms with Crippen LogP contribution >= 0.6 is 11.6 Å². The van der Waals surface area contributed by atoms with E-state index in [-0.39, 0.29) is 5.56 Å². The maximum absolute atomic E-state index is 13.0. The first-order valence-corrected chi connectivity index (χ1v) is 9.28. The van der Waals surface area contributed by atoms with Crippen LogP contribution in [0.5, 0.6) is 0 Å². The second-order valence-electron chi connectivity index (χ2n) is 7.22. The lowest BCUT2D eigenvalue weighted by Gasteiger charge is -2.29. The molecule has 2 aliphatic rings. The van der Waals surface area contributed by atoms with E-state index in [0.717, 1.165) is 24.1 Å². The molecule has 4 heterocycles. The summed E-state index contributed by atoms with van der Waals surface area (Å²) < 4.78 is 4.33. The lowest BCUT2D eigenvalue weighted by Crippen LogP contribution is -2.44. The quantitative estimate of drug-likeness (QED) is 0.699. The van der Waals surface area contributed by atoms with Gasteiger partial charge in [-0.25, -0.2) is 4.79 Å². The molecule has 2 saturated heterocycles. The molecule has 0 saturated carbocycles. The third-order valence-electron chi connectivity index (χ3n) is 5.65. The third kappa shape index (κ3) is 2.23. The number of fused-ring (bicyclic) bond motifs is 3. The molecule has 9 heteroatoms. The van der Waals surface area contributed by atoms with E-state index in [2.05, 4.69) is 10.2 Å². The zero-order valence-corrected chi connectivity index (χ0v) is 15.8. The fourth-order valence-electron chi connectivity index (χ4n) is 4.24. The summed E-state index contributed by atoms with van der Waals surface area (Å²) in [7, 11) is 3.12. The highest BCUT2D eigenvalue weighted by Gasteiger charge is 2.40. The average molecular weight is 387 g/mol. The van der Waals surface area contributed by atoms with Crippen molar-refractivity contribution in [3.05, 3.63) is 50.1 Å². The molecular weight excluding hydrogens is 368 g/mol. The molecule has 2 bridgehead atoms. The number of benzene rings is 1. The molecule has 0 amide bonds. The van der Waals surface area contributed by atoms with E-state index < -0.39 is 5.69 Å². The molecule has 1 aromatic carbocycles. The predicted molar refractivity (Wildman–Crippen MR) is 104 cm³/mol. The number of aryl methyl sites for hydroxylation is 1. The third-order valence-corrected chi connectivity index (χ3v) is 5.97. The van der Waals surface area contributed by atoms with Crippen LogP contribution in [0, 0.1) is 0 Å². The van der Waals surface area contributed by atoms with Gasteiger partial charge >= 0.3 is 5.69 Å². The highest BCUT2D eigenvalue weighted by atomic mass is 35.5. The van der Waals surface area contributed by atoms with Crippen LogP contribution < -0.4 is 21.5 Å². The highest BCUT2D eigenvalue weighted by molar-refractivity contribution is 6.32. The summed E-state index contributed by atoms with van der Waals surface area (Å²) in [5.74, 6) is 0.658. The van der Waals surface area contributed by atoms with Crippen molar-refractivity contribution < 1.29 is 0 Å². The SMILES string of the molecule is Cn1c(=O)c2c(nc(N3CC4CC3CN4)n2-c2ccccc2Cl)n(C)c1=O. The fourth-order valence-corrected chi connectivity index (χ4v) is 4.46. The molecule has 3 aromatic rings. The Bertz CT molecular complexity index is 1190. The normalized spacial score (nSPS) is 21.5. The van der Waals surface area contributed by atoms with Crippen molar-refractivity contribution in [2.45, 2.75) is 18.5 Å². The van der Waals surface area contributed by atoms with E-state index in [1.54, 1.807) is 17.7 Å². The number of nitrogens with zero attached hydrogens (tertiary/aromatic N) is 5. The minimum atomic E-state index is -0.396. The van der Waals surface area contributed by atoms with Crippen molar-refractivity contribution in [2.75, 3.05) is 18.0 Å². The number of hydrogen-bond donors (Lipinski definition) is 1. The van der Waals surface area contributed by atoms with E-state index in [0.29, 0.717) is 39.9 Å². The Kier molecular flexibility index (Phi) is 3.50. The van der Waals surface area contributed by atoms with Gasteiger partial charge in [-0.2, -0.15) is 4.98 Å². The maximum Gasteiger partial charge on any atom is 0.332 e. The topological polar surface area (TPSA) is 77.1 Å². The number of imidazole rings is 1. The van der Waals surface area contributed by atoms with E-state index >= 15 is 0 Å². The molecule has 0 aliphatic carbocycles. The molecule has 8 nitrogen and oxygen atoms in total.